The second-order valence-electron chi connectivity index (χ2n) is 9.24. The second kappa shape index (κ2) is 13.2. The minimum Gasteiger partial charge on any atom is -0.463 e. The molecule has 3 atom stereocenters. The quantitative estimate of drug-likeness (QED) is 0.191. The third kappa shape index (κ3) is 7.79. The number of rotatable bonds is 12. The van der Waals surface area contributed by atoms with E-state index in [0.29, 0.717) is 31.5 Å². The van der Waals surface area contributed by atoms with Gasteiger partial charge in [0.2, 0.25) is 0 Å². The Balaban J connectivity index is 1.43. The van der Waals surface area contributed by atoms with Gasteiger partial charge in [-0.1, -0.05) is 54.1 Å². The van der Waals surface area contributed by atoms with E-state index in [4.69, 9.17) is 16.3 Å². The van der Waals surface area contributed by atoms with Crippen molar-refractivity contribution in [3.8, 4) is 0 Å². The number of benzene rings is 1. The van der Waals surface area contributed by atoms with Gasteiger partial charge in [0, 0.05) is 33.7 Å². The first-order chi connectivity index (χ1) is 16.3. The minimum atomic E-state index is -0.557. The molecule has 0 aliphatic heterocycles. The van der Waals surface area contributed by atoms with Crippen LogP contribution in [-0.4, -0.2) is 29.1 Å². The molecule has 0 spiro atoms. The molecule has 1 saturated carbocycles. The number of fused-ring (bicyclic) bond motifs is 1. The van der Waals surface area contributed by atoms with Crippen molar-refractivity contribution in [2.24, 2.45) is 11.8 Å². The van der Waals surface area contributed by atoms with Gasteiger partial charge in [-0.15, -0.1) is 11.3 Å². The van der Waals surface area contributed by atoms with Gasteiger partial charge in [0.05, 0.1) is 17.2 Å². The summed E-state index contributed by atoms with van der Waals surface area (Å²) in [4.78, 5) is 25.0. The second-order valence-corrected chi connectivity index (χ2v) is 10.8. The molecule has 1 aliphatic carbocycles. The van der Waals surface area contributed by atoms with Crippen LogP contribution in [0.5, 0.6) is 0 Å². The molecule has 2 aromatic rings. The molecule has 1 aromatic heterocycles. The molecule has 0 bridgehead atoms. The summed E-state index contributed by atoms with van der Waals surface area (Å²) in [6.07, 6.45) is 12.8. The zero-order chi connectivity index (χ0) is 24.5. The van der Waals surface area contributed by atoms with Crippen molar-refractivity contribution >= 4 is 44.8 Å². The third-order valence-corrected chi connectivity index (χ3v) is 7.95. The predicted molar refractivity (Wildman–Crippen MR) is 140 cm³/mol. The molecular formula is C28H35ClO4S. The molecule has 1 heterocycles. The highest BCUT2D eigenvalue weighted by Crippen LogP contribution is 2.36. The Kier molecular flexibility index (Phi) is 10.4. The minimum absolute atomic E-state index is 0.0253. The third-order valence-electron chi connectivity index (χ3n) is 6.18. The van der Waals surface area contributed by atoms with Crippen molar-refractivity contribution in [3.05, 3.63) is 58.5 Å². The van der Waals surface area contributed by atoms with E-state index in [9.17, 15) is 14.7 Å². The van der Waals surface area contributed by atoms with Crippen LogP contribution in [0.3, 0.4) is 0 Å². The van der Waals surface area contributed by atoms with Gasteiger partial charge in [-0.25, -0.2) is 0 Å². The van der Waals surface area contributed by atoms with Crippen LogP contribution in [-0.2, 0) is 20.7 Å². The number of ketones is 1. The van der Waals surface area contributed by atoms with Crippen LogP contribution in [0.1, 0.15) is 63.7 Å². The Morgan fingerprint density at radius 3 is 2.85 bits per heavy atom. The predicted octanol–water partition coefficient (Wildman–Crippen LogP) is 7.07. The lowest BCUT2D eigenvalue weighted by Gasteiger charge is -2.14. The van der Waals surface area contributed by atoms with Crippen LogP contribution in [0.4, 0.5) is 0 Å². The van der Waals surface area contributed by atoms with Crippen molar-refractivity contribution in [1.82, 2.24) is 0 Å². The van der Waals surface area contributed by atoms with Crippen molar-refractivity contribution in [3.63, 3.8) is 0 Å². The van der Waals surface area contributed by atoms with Crippen LogP contribution < -0.4 is 0 Å². The number of allylic oxidation sites excluding steroid dienone is 3. The van der Waals surface area contributed by atoms with Crippen molar-refractivity contribution < 1.29 is 19.4 Å². The average molecular weight is 503 g/mol. The van der Waals surface area contributed by atoms with Gasteiger partial charge in [0.15, 0.2) is 0 Å². The zero-order valence-electron chi connectivity index (χ0n) is 20.0. The number of aryl methyl sites for hydroxylation is 1. The van der Waals surface area contributed by atoms with Crippen LogP contribution >= 0.6 is 22.9 Å². The van der Waals surface area contributed by atoms with Gasteiger partial charge < -0.3 is 9.84 Å². The summed E-state index contributed by atoms with van der Waals surface area (Å²) in [7, 11) is 0. The molecule has 0 saturated heterocycles. The molecule has 1 unspecified atom stereocenters. The molecule has 6 heteroatoms. The maximum atomic E-state index is 12.4. The lowest BCUT2D eigenvalue weighted by Crippen LogP contribution is -2.13. The molecule has 0 amide bonds. The Morgan fingerprint density at radius 2 is 2.09 bits per heavy atom. The van der Waals surface area contributed by atoms with Crippen LogP contribution in [0, 0.1) is 11.8 Å². The van der Waals surface area contributed by atoms with Crippen LogP contribution in [0.25, 0.3) is 10.1 Å². The Hall–Kier alpha value is -1.95. The number of hydrogen-bond donors (Lipinski definition) is 1. The van der Waals surface area contributed by atoms with E-state index >= 15 is 0 Å². The maximum absolute atomic E-state index is 12.4. The molecule has 1 N–H and O–H groups in total. The molecule has 1 aliphatic rings. The number of unbranched alkanes of at least 4 members (excludes halogenated alkanes) is 1. The molecule has 184 valence electrons. The fraction of sp³-hybridized carbons (Fsp3) is 0.500. The molecule has 34 heavy (non-hydrogen) atoms. The molecule has 3 rings (SSSR count). The molecule has 1 fully saturated rings. The number of Topliss-reactive ketones (excluding diaryl/α,β-unsaturated/α-hetero) is 1. The Bertz CT molecular complexity index is 1020. The standard InChI is InChI=1S/C28H35ClO4S/c1-19(2)33-27(32)12-6-4-3-5-9-22-20(14-17-24(22)31)13-15-21(30)16-18-26-28(29)23-10-7-8-11-25(23)34-26/h3,5,7-8,10-11,13,15,19-22,30H,4,6,9,12,14,16-18H2,1-2H3/t20-,21?,22+/m0/s1. The van der Waals surface area contributed by atoms with Crippen molar-refractivity contribution in [2.75, 3.05) is 0 Å². The molecule has 4 nitrogen and oxygen atoms in total. The van der Waals surface area contributed by atoms with Gasteiger partial charge in [-0.3, -0.25) is 9.59 Å². The van der Waals surface area contributed by atoms with Crippen LogP contribution in [0.15, 0.2) is 48.6 Å². The number of esters is 1. The summed E-state index contributed by atoms with van der Waals surface area (Å²) in [5.74, 6) is 0.280. The number of carbonyl (C=O) groups is 2. The first-order valence-electron chi connectivity index (χ1n) is 12.2. The topological polar surface area (TPSA) is 63.6 Å². The highest BCUT2D eigenvalue weighted by molar-refractivity contribution is 7.19. The highest BCUT2D eigenvalue weighted by Gasteiger charge is 2.31. The number of carbonyl (C=O) groups excluding carboxylic acids is 2. The van der Waals surface area contributed by atoms with Gasteiger partial charge in [-0.05, 0) is 64.4 Å². The largest absolute Gasteiger partial charge is 0.463 e. The number of aliphatic hydroxyl groups excluding tert-OH is 1. The van der Waals surface area contributed by atoms with Gasteiger partial charge in [-0.2, -0.15) is 0 Å². The van der Waals surface area contributed by atoms with Crippen LogP contribution in [0.2, 0.25) is 5.02 Å². The summed E-state index contributed by atoms with van der Waals surface area (Å²) in [5.41, 5.74) is 0. The van der Waals surface area contributed by atoms with Crippen molar-refractivity contribution in [1.29, 1.82) is 0 Å². The van der Waals surface area contributed by atoms with E-state index in [1.807, 2.05) is 44.2 Å². The normalized spacial score (nSPS) is 19.7. The average Bonchev–Trinajstić information content (AvgIpc) is 3.32. The van der Waals surface area contributed by atoms with Crippen molar-refractivity contribution in [2.45, 2.75) is 77.4 Å². The summed E-state index contributed by atoms with van der Waals surface area (Å²) in [6.45, 7) is 3.70. The number of hydrogen-bond acceptors (Lipinski definition) is 5. The zero-order valence-corrected chi connectivity index (χ0v) is 21.6. The lowest BCUT2D eigenvalue weighted by molar-refractivity contribution is -0.147. The maximum Gasteiger partial charge on any atom is 0.306 e. The van der Waals surface area contributed by atoms with E-state index in [-0.39, 0.29) is 23.9 Å². The van der Waals surface area contributed by atoms with E-state index < -0.39 is 6.10 Å². The fourth-order valence-corrected chi connectivity index (χ4v) is 5.93. The summed E-state index contributed by atoms with van der Waals surface area (Å²) >= 11 is 8.20. The summed E-state index contributed by atoms with van der Waals surface area (Å²) in [5, 5.41) is 12.4. The first kappa shape index (κ1) is 26.7. The SMILES string of the molecule is CC(C)OC(=O)CCCC=CC[C@H]1C(=O)CC[C@@H]1C=CC(O)CCc1sc2ccccc2c1Cl. The number of thiophene rings is 1. The van der Waals surface area contributed by atoms with Gasteiger partial charge >= 0.3 is 5.97 Å². The molecule has 0 radical (unpaired) electrons. The number of halogens is 1. The summed E-state index contributed by atoms with van der Waals surface area (Å²) in [6, 6.07) is 8.09. The number of aliphatic hydroxyl groups is 1. The van der Waals surface area contributed by atoms with E-state index in [0.717, 1.165) is 41.0 Å². The van der Waals surface area contributed by atoms with E-state index in [2.05, 4.69) is 18.2 Å². The molecular weight excluding hydrogens is 468 g/mol. The smallest absolute Gasteiger partial charge is 0.306 e. The monoisotopic (exact) mass is 502 g/mol. The van der Waals surface area contributed by atoms with Gasteiger partial charge in [0.25, 0.3) is 0 Å². The van der Waals surface area contributed by atoms with Gasteiger partial charge in [0.1, 0.15) is 5.78 Å². The molecule has 1 aromatic carbocycles. The summed E-state index contributed by atoms with van der Waals surface area (Å²) < 4.78 is 6.30. The number of ether oxygens (including phenoxy) is 1. The Morgan fingerprint density at radius 1 is 1.29 bits per heavy atom. The highest BCUT2D eigenvalue weighted by atomic mass is 35.5. The van der Waals surface area contributed by atoms with E-state index in [1.165, 1.54) is 4.70 Å². The Labute approximate surface area is 211 Å². The van der Waals surface area contributed by atoms with E-state index in [1.54, 1.807) is 11.3 Å². The lowest BCUT2D eigenvalue weighted by atomic mass is 9.91. The first-order valence-corrected chi connectivity index (χ1v) is 13.4. The fourth-order valence-electron chi connectivity index (χ4n) is 4.39.